The second kappa shape index (κ2) is 4.04. The second-order valence-electron chi connectivity index (χ2n) is 3.71. The molecule has 1 saturated heterocycles. The van der Waals surface area contributed by atoms with E-state index in [4.69, 9.17) is 11.5 Å². The molecule has 2 atom stereocenters. The molecule has 4 heteroatoms. The summed E-state index contributed by atoms with van der Waals surface area (Å²) in [6.45, 7) is 1.73. The summed E-state index contributed by atoms with van der Waals surface area (Å²) in [5, 5.41) is 0. The number of anilines is 1. The summed E-state index contributed by atoms with van der Waals surface area (Å²) in [7, 11) is 0. The molecule has 4 N–H and O–H groups in total. The number of nitrogens with two attached hydrogens (primary N) is 2. The van der Waals surface area contributed by atoms with Gasteiger partial charge in [0.2, 0.25) is 0 Å². The summed E-state index contributed by atoms with van der Waals surface area (Å²) in [5.41, 5.74) is 13.0. The quantitative estimate of drug-likeness (QED) is 0.753. The van der Waals surface area contributed by atoms with Gasteiger partial charge in [-0.15, -0.1) is 0 Å². The van der Waals surface area contributed by atoms with Crippen molar-refractivity contribution in [2.75, 3.05) is 18.0 Å². The molecule has 0 aliphatic carbocycles. The van der Waals surface area contributed by atoms with Gasteiger partial charge in [0, 0.05) is 34.4 Å². The van der Waals surface area contributed by atoms with Crippen molar-refractivity contribution in [3.05, 3.63) is 27.8 Å². The van der Waals surface area contributed by atoms with Crippen LogP contribution in [-0.2, 0) is 0 Å². The lowest BCUT2D eigenvalue weighted by Gasteiger charge is -2.17. The molecule has 14 heavy (non-hydrogen) atoms. The Labute approximate surface area is 97.6 Å². The minimum atomic E-state index is 0.106. The number of nitrogens with zero attached hydrogens (tertiary/aromatic N) is 1. The van der Waals surface area contributed by atoms with Crippen LogP contribution in [0.5, 0.6) is 0 Å². The van der Waals surface area contributed by atoms with Crippen molar-refractivity contribution in [2.45, 2.75) is 12.1 Å². The first kappa shape index (κ1) is 10.2. The van der Waals surface area contributed by atoms with Crippen molar-refractivity contribution in [3.63, 3.8) is 0 Å². The van der Waals surface area contributed by atoms with Crippen molar-refractivity contribution < 1.29 is 0 Å². The molecule has 0 unspecified atom stereocenters. The molecule has 0 saturated carbocycles. The molecular weight excluding hydrogens is 289 g/mol. The van der Waals surface area contributed by atoms with Crippen molar-refractivity contribution in [1.82, 2.24) is 0 Å². The minimum Gasteiger partial charge on any atom is -0.368 e. The molecule has 1 aromatic rings. The molecule has 0 aromatic heterocycles. The summed E-state index contributed by atoms with van der Waals surface area (Å²) in [6, 6.07) is 8.65. The molecule has 76 valence electrons. The first-order chi connectivity index (χ1) is 6.66. The lowest BCUT2D eigenvalue weighted by atomic mass is 10.2. The molecule has 1 aromatic carbocycles. The Morgan fingerprint density at radius 2 is 1.57 bits per heavy atom. The maximum atomic E-state index is 5.87. The van der Waals surface area contributed by atoms with E-state index in [2.05, 4.69) is 51.8 Å². The monoisotopic (exact) mass is 303 g/mol. The van der Waals surface area contributed by atoms with Crippen LogP contribution in [0.15, 0.2) is 24.3 Å². The van der Waals surface area contributed by atoms with E-state index in [1.807, 2.05) is 0 Å². The molecule has 0 spiro atoms. The molecule has 3 nitrogen and oxygen atoms in total. The predicted molar refractivity (Wildman–Crippen MR) is 67.3 cm³/mol. The van der Waals surface area contributed by atoms with E-state index < -0.39 is 0 Å². The van der Waals surface area contributed by atoms with Crippen LogP contribution in [0.2, 0.25) is 0 Å². The largest absolute Gasteiger partial charge is 0.368 e. The smallest absolute Gasteiger partial charge is 0.0388 e. The highest BCUT2D eigenvalue weighted by atomic mass is 127. The average molecular weight is 303 g/mol. The van der Waals surface area contributed by atoms with Crippen LogP contribution >= 0.6 is 22.6 Å². The van der Waals surface area contributed by atoms with E-state index in [0.29, 0.717) is 0 Å². The Kier molecular flexibility index (Phi) is 2.94. The lowest BCUT2D eigenvalue weighted by molar-refractivity contribution is 0.642. The highest BCUT2D eigenvalue weighted by Gasteiger charge is 2.26. The summed E-state index contributed by atoms with van der Waals surface area (Å²) in [6.07, 6.45) is 0. The molecule has 0 amide bonds. The molecule has 0 bridgehead atoms. The third-order valence-electron chi connectivity index (χ3n) is 2.60. The Hall–Kier alpha value is -0.330. The van der Waals surface area contributed by atoms with Crippen LogP contribution in [0.3, 0.4) is 0 Å². The third kappa shape index (κ3) is 2.02. The number of rotatable bonds is 1. The highest BCUT2D eigenvalue weighted by molar-refractivity contribution is 14.1. The van der Waals surface area contributed by atoms with Crippen molar-refractivity contribution in [3.8, 4) is 0 Å². The lowest BCUT2D eigenvalue weighted by Crippen LogP contribution is -2.39. The standard InChI is InChI=1S/C10H14IN3/c11-7-1-3-8(4-2-7)14-5-9(12)10(13)6-14/h1-4,9-10H,5-6,12-13H2/t9-,10-/m1/s1. The third-order valence-corrected chi connectivity index (χ3v) is 3.32. The van der Waals surface area contributed by atoms with Crippen LogP contribution in [0.4, 0.5) is 5.69 Å². The summed E-state index contributed by atoms with van der Waals surface area (Å²) in [5.74, 6) is 0. The van der Waals surface area contributed by atoms with E-state index >= 15 is 0 Å². The maximum Gasteiger partial charge on any atom is 0.0388 e. The van der Waals surface area contributed by atoms with Crippen LogP contribution in [0.1, 0.15) is 0 Å². The molecule has 2 rings (SSSR count). The van der Waals surface area contributed by atoms with E-state index in [1.165, 1.54) is 9.26 Å². The number of halogens is 1. The predicted octanol–water partition coefficient (Wildman–Crippen LogP) is 0.766. The highest BCUT2D eigenvalue weighted by Crippen LogP contribution is 2.20. The molecular formula is C10H14IN3. The second-order valence-corrected chi connectivity index (χ2v) is 4.95. The van der Waals surface area contributed by atoms with E-state index in [1.54, 1.807) is 0 Å². The van der Waals surface area contributed by atoms with Gasteiger partial charge in [0.25, 0.3) is 0 Å². The van der Waals surface area contributed by atoms with Crippen LogP contribution in [-0.4, -0.2) is 25.2 Å². The van der Waals surface area contributed by atoms with Crippen molar-refractivity contribution >= 4 is 28.3 Å². The van der Waals surface area contributed by atoms with Gasteiger partial charge in [-0.05, 0) is 46.9 Å². The zero-order chi connectivity index (χ0) is 10.1. The Morgan fingerprint density at radius 3 is 2.07 bits per heavy atom. The van der Waals surface area contributed by atoms with Crippen LogP contribution in [0, 0.1) is 3.57 Å². The van der Waals surface area contributed by atoms with E-state index in [0.717, 1.165) is 13.1 Å². The minimum absolute atomic E-state index is 0.106. The SMILES string of the molecule is N[C@@H]1CN(c2ccc(I)cc2)C[C@H]1N. The zero-order valence-corrected chi connectivity index (χ0v) is 10.0. The van der Waals surface area contributed by atoms with Gasteiger partial charge < -0.3 is 16.4 Å². The summed E-state index contributed by atoms with van der Waals surface area (Å²) in [4.78, 5) is 2.24. The van der Waals surface area contributed by atoms with Gasteiger partial charge in [0.05, 0.1) is 0 Å². The van der Waals surface area contributed by atoms with Crippen molar-refractivity contribution in [2.24, 2.45) is 11.5 Å². The van der Waals surface area contributed by atoms with Gasteiger partial charge in [-0.2, -0.15) is 0 Å². The fourth-order valence-corrected chi connectivity index (χ4v) is 2.08. The van der Waals surface area contributed by atoms with E-state index in [9.17, 15) is 0 Å². The van der Waals surface area contributed by atoms with Crippen LogP contribution < -0.4 is 16.4 Å². The first-order valence-corrected chi connectivity index (χ1v) is 5.76. The van der Waals surface area contributed by atoms with Gasteiger partial charge in [-0.1, -0.05) is 0 Å². The van der Waals surface area contributed by atoms with Gasteiger partial charge in [-0.3, -0.25) is 0 Å². The molecule has 1 aliphatic rings. The van der Waals surface area contributed by atoms with Gasteiger partial charge in [0.1, 0.15) is 0 Å². The van der Waals surface area contributed by atoms with E-state index in [-0.39, 0.29) is 12.1 Å². The summed E-state index contributed by atoms with van der Waals surface area (Å²) < 4.78 is 1.25. The zero-order valence-electron chi connectivity index (χ0n) is 7.86. The molecule has 1 fully saturated rings. The first-order valence-electron chi connectivity index (χ1n) is 4.68. The Morgan fingerprint density at radius 1 is 1.07 bits per heavy atom. The number of hydrogen-bond donors (Lipinski definition) is 2. The van der Waals surface area contributed by atoms with Gasteiger partial charge in [-0.25, -0.2) is 0 Å². The topological polar surface area (TPSA) is 55.3 Å². The molecule has 1 aliphatic heterocycles. The maximum absolute atomic E-state index is 5.87. The Bertz CT molecular complexity index is 302. The van der Waals surface area contributed by atoms with Gasteiger partial charge >= 0.3 is 0 Å². The fraction of sp³-hybridized carbons (Fsp3) is 0.400. The average Bonchev–Trinajstić information content (AvgIpc) is 2.48. The summed E-state index contributed by atoms with van der Waals surface area (Å²) >= 11 is 2.30. The normalized spacial score (nSPS) is 26.9. The van der Waals surface area contributed by atoms with Gasteiger partial charge in [0.15, 0.2) is 0 Å². The van der Waals surface area contributed by atoms with Crippen LogP contribution in [0.25, 0.3) is 0 Å². The number of benzene rings is 1. The molecule has 1 heterocycles. The van der Waals surface area contributed by atoms with Crippen molar-refractivity contribution in [1.29, 1.82) is 0 Å². The fourth-order valence-electron chi connectivity index (χ4n) is 1.72. The Balaban J connectivity index is 2.13. The number of hydrogen-bond acceptors (Lipinski definition) is 3. The molecule has 0 radical (unpaired) electrons.